The minimum Gasteiger partial charge on any atom is -0.508 e. The second kappa shape index (κ2) is 8.32. The maximum absolute atomic E-state index is 11.7. The van der Waals surface area contributed by atoms with Crippen molar-refractivity contribution >= 4 is 30.0 Å². The Morgan fingerprint density at radius 2 is 1.46 bits per heavy atom. The van der Waals surface area contributed by atoms with Crippen LogP contribution in [-0.4, -0.2) is 51.4 Å². The Bertz CT molecular complexity index is 660. The number of aromatic hydroxyl groups is 1. The number of rotatable bonds is 7. The van der Waals surface area contributed by atoms with Crippen molar-refractivity contribution in [2.24, 2.45) is 0 Å². The Morgan fingerprint density at radius 3 is 1.92 bits per heavy atom. The number of phenolic OH excluding ortho intramolecular Hbond substituents is 1. The van der Waals surface area contributed by atoms with Crippen LogP contribution in [-0.2, 0) is 28.7 Å². The summed E-state index contributed by atoms with van der Waals surface area (Å²) in [5.41, 5.74) is 0.506. The summed E-state index contributed by atoms with van der Waals surface area (Å²) in [5.74, 6) is -5.72. The molecule has 0 unspecified atom stereocenters. The smallest absolute Gasteiger partial charge is 0.349 e. The molecule has 1 aromatic carbocycles. The zero-order chi connectivity index (χ0) is 18.3. The van der Waals surface area contributed by atoms with E-state index < -0.39 is 36.1 Å². The van der Waals surface area contributed by atoms with Crippen LogP contribution in [0.2, 0.25) is 0 Å². The number of hydrogen-bond acceptors (Lipinski definition) is 7. The van der Waals surface area contributed by atoms with Crippen LogP contribution in [0.5, 0.6) is 5.75 Å². The lowest BCUT2D eigenvalue weighted by molar-refractivity contribution is -0.184. The van der Waals surface area contributed by atoms with Gasteiger partial charge >= 0.3 is 23.9 Å². The number of aliphatic carboxylic acids is 2. The van der Waals surface area contributed by atoms with Crippen LogP contribution in [0.1, 0.15) is 12.5 Å². The van der Waals surface area contributed by atoms with Crippen LogP contribution in [0.25, 0.3) is 6.08 Å². The number of carboxylic acid groups (broad SMARTS) is 2. The van der Waals surface area contributed by atoms with Gasteiger partial charge in [0.25, 0.3) is 0 Å². The molecule has 0 heterocycles. The first-order valence-corrected chi connectivity index (χ1v) is 6.51. The van der Waals surface area contributed by atoms with E-state index in [9.17, 15) is 19.2 Å². The minimum atomic E-state index is -2.21. The monoisotopic (exact) mass is 338 g/mol. The third-order valence-electron chi connectivity index (χ3n) is 2.60. The van der Waals surface area contributed by atoms with E-state index in [-0.39, 0.29) is 5.75 Å². The molecule has 0 spiro atoms. The van der Waals surface area contributed by atoms with Gasteiger partial charge in [0.05, 0.1) is 0 Å². The van der Waals surface area contributed by atoms with E-state index in [1.54, 1.807) is 0 Å². The molecule has 1 rings (SSSR count). The molecule has 2 atom stereocenters. The summed E-state index contributed by atoms with van der Waals surface area (Å²) in [6.45, 7) is 0.890. The highest BCUT2D eigenvalue weighted by Crippen LogP contribution is 2.12. The third kappa shape index (κ3) is 5.79. The molecule has 0 aliphatic carbocycles. The van der Waals surface area contributed by atoms with Gasteiger partial charge in [0, 0.05) is 13.0 Å². The average molecular weight is 338 g/mol. The molecule has 0 fully saturated rings. The number of phenols is 1. The fourth-order valence-electron chi connectivity index (χ4n) is 1.58. The molecule has 0 aliphatic rings. The first-order valence-electron chi connectivity index (χ1n) is 6.51. The number of carbonyl (C=O) groups is 4. The van der Waals surface area contributed by atoms with Crippen molar-refractivity contribution in [3.63, 3.8) is 0 Å². The molecule has 0 radical (unpaired) electrons. The van der Waals surface area contributed by atoms with Crippen molar-refractivity contribution in [2.45, 2.75) is 19.1 Å². The summed E-state index contributed by atoms with van der Waals surface area (Å²) in [6.07, 6.45) is -2.24. The number of hydrogen-bond donors (Lipinski definition) is 3. The molecule has 1 aromatic rings. The van der Waals surface area contributed by atoms with E-state index in [4.69, 9.17) is 15.3 Å². The predicted octanol–water partition coefficient (Wildman–Crippen LogP) is 0.418. The Labute approximate surface area is 135 Å². The summed E-state index contributed by atoms with van der Waals surface area (Å²) < 4.78 is 8.91. The first-order chi connectivity index (χ1) is 11.2. The number of carboxylic acids is 2. The first kappa shape index (κ1) is 18.7. The van der Waals surface area contributed by atoms with E-state index in [1.807, 2.05) is 0 Å². The largest absolute Gasteiger partial charge is 0.508 e. The lowest BCUT2D eigenvalue weighted by Gasteiger charge is -2.19. The average Bonchev–Trinajstić information content (AvgIpc) is 2.49. The molecule has 3 N–H and O–H groups in total. The van der Waals surface area contributed by atoms with Crippen molar-refractivity contribution in [1.82, 2.24) is 0 Å². The number of esters is 2. The molecule has 0 amide bonds. The molecular weight excluding hydrogens is 324 g/mol. The van der Waals surface area contributed by atoms with Gasteiger partial charge in [0.1, 0.15) is 5.75 Å². The van der Waals surface area contributed by atoms with E-state index in [2.05, 4.69) is 9.47 Å². The van der Waals surface area contributed by atoms with Crippen LogP contribution in [0.3, 0.4) is 0 Å². The van der Waals surface area contributed by atoms with Crippen LogP contribution in [0, 0.1) is 0 Å². The van der Waals surface area contributed by atoms with Gasteiger partial charge in [-0.1, -0.05) is 12.1 Å². The van der Waals surface area contributed by atoms with Crippen LogP contribution in [0.4, 0.5) is 0 Å². The Balaban J connectivity index is 2.85. The summed E-state index contributed by atoms with van der Waals surface area (Å²) >= 11 is 0. The molecule has 0 aliphatic heterocycles. The summed E-state index contributed by atoms with van der Waals surface area (Å²) in [6, 6.07) is 5.69. The highest BCUT2D eigenvalue weighted by atomic mass is 16.6. The Hall–Kier alpha value is -3.36. The lowest BCUT2D eigenvalue weighted by Crippen LogP contribution is -2.45. The van der Waals surface area contributed by atoms with Crippen LogP contribution in [0.15, 0.2) is 30.3 Å². The summed E-state index contributed by atoms with van der Waals surface area (Å²) in [4.78, 5) is 44.6. The number of ether oxygens (including phenoxy) is 2. The topological polar surface area (TPSA) is 147 Å². The van der Waals surface area contributed by atoms with Gasteiger partial charge in [-0.05, 0) is 23.8 Å². The summed E-state index contributed by atoms with van der Waals surface area (Å²) in [7, 11) is 0. The lowest BCUT2D eigenvalue weighted by atomic mass is 10.2. The highest BCUT2D eigenvalue weighted by Gasteiger charge is 2.39. The molecule has 0 bridgehead atoms. The van der Waals surface area contributed by atoms with Gasteiger partial charge < -0.3 is 24.8 Å². The Kier molecular flexibility index (Phi) is 6.48. The van der Waals surface area contributed by atoms with E-state index in [1.165, 1.54) is 30.3 Å². The molecular formula is C15H14O9. The molecule has 9 nitrogen and oxygen atoms in total. The quantitative estimate of drug-likeness (QED) is 0.475. The second-order valence-corrected chi connectivity index (χ2v) is 4.49. The fourth-order valence-corrected chi connectivity index (χ4v) is 1.58. The molecule has 24 heavy (non-hydrogen) atoms. The Morgan fingerprint density at radius 1 is 0.958 bits per heavy atom. The third-order valence-corrected chi connectivity index (χ3v) is 2.60. The number of carbonyl (C=O) groups excluding carboxylic acids is 2. The SMILES string of the molecule is CC(=O)O[C@H](C(=O)O)[C@@H](OC(=O)/C=C/c1ccc(O)cc1)C(=O)O. The van der Waals surface area contributed by atoms with Crippen molar-refractivity contribution in [1.29, 1.82) is 0 Å². The van der Waals surface area contributed by atoms with Crippen molar-refractivity contribution in [2.75, 3.05) is 0 Å². The summed E-state index contributed by atoms with van der Waals surface area (Å²) in [5, 5.41) is 27.0. The molecule has 0 saturated heterocycles. The molecule has 128 valence electrons. The van der Waals surface area contributed by atoms with Crippen LogP contribution >= 0.6 is 0 Å². The van der Waals surface area contributed by atoms with Crippen LogP contribution < -0.4 is 0 Å². The van der Waals surface area contributed by atoms with Gasteiger partial charge in [-0.2, -0.15) is 0 Å². The maximum atomic E-state index is 11.7. The van der Waals surface area contributed by atoms with Gasteiger partial charge in [0.15, 0.2) is 0 Å². The van der Waals surface area contributed by atoms with E-state index >= 15 is 0 Å². The normalized spacial score (nSPS) is 13.0. The molecule has 0 saturated carbocycles. The zero-order valence-corrected chi connectivity index (χ0v) is 12.4. The van der Waals surface area contributed by atoms with Crippen molar-refractivity contribution < 1.29 is 44.0 Å². The van der Waals surface area contributed by atoms with Gasteiger partial charge in [-0.15, -0.1) is 0 Å². The minimum absolute atomic E-state index is 0.0198. The van der Waals surface area contributed by atoms with E-state index in [0.29, 0.717) is 5.56 Å². The molecule has 0 aromatic heterocycles. The fraction of sp³-hybridized carbons (Fsp3) is 0.200. The second-order valence-electron chi connectivity index (χ2n) is 4.49. The van der Waals surface area contributed by atoms with E-state index in [0.717, 1.165) is 13.0 Å². The standard InChI is InChI=1S/C15H14O9/c1-8(16)23-12(14(19)20)13(15(21)22)24-11(18)7-4-9-2-5-10(17)6-3-9/h2-7,12-13,17H,1H3,(H,19,20)(H,21,22)/b7-4+/t12-,13+/m0/s1. The van der Waals surface area contributed by atoms with Gasteiger partial charge in [-0.3, -0.25) is 4.79 Å². The van der Waals surface area contributed by atoms with Crippen molar-refractivity contribution in [3.05, 3.63) is 35.9 Å². The maximum Gasteiger partial charge on any atom is 0.349 e. The molecule has 9 heteroatoms. The zero-order valence-electron chi connectivity index (χ0n) is 12.4. The van der Waals surface area contributed by atoms with Crippen molar-refractivity contribution in [3.8, 4) is 5.75 Å². The van der Waals surface area contributed by atoms with Gasteiger partial charge in [-0.25, -0.2) is 14.4 Å². The highest BCUT2D eigenvalue weighted by molar-refractivity contribution is 5.91. The predicted molar refractivity (Wildman–Crippen MR) is 77.8 cm³/mol. The number of benzene rings is 1. The van der Waals surface area contributed by atoms with Gasteiger partial charge in [0.2, 0.25) is 12.2 Å².